The van der Waals surface area contributed by atoms with Crippen LogP contribution in [0.1, 0.15) is 6.42 Å². The quantitative estimate of drug-likeness (QED) is 0.484. The first-order chi connectivity index (χ1) is 4.22. The van der Waals surface area contributed by atoms with Gasteiger partial charge in [0.25, 0.3) is 0 Å². The number of allylic oxidation sites excluding steroid dienone is 2. The molecular formula is C6H6N2O. The molecule has 46 valence electrons. The lowest BCUT2D eigenvalue weighted by atomic mass is 10.0. The number of ketones is 1. The maximum atomic E-state index is 10.6. The van der Waals surface area contributed by atoms with E-state index < -0.39 is 0 Å². The summed E-state index contributed by atoms with van der Waals surface area (Å²) in [5.74, 6) is -0.262. The highest BCUT2D eigenvalue weighted by atomic mass is 16.1. The number of Topliss-reactive ketones (excluding diaryl/α,β-unsaturated/α-hetero) is 1. The standard InChI is InChI=1S/C6H6N2O/c7-4-2-1-3-5(9)6(4)8/h1-2,7-8H,3H2. The first-order valence-corrected chi connectivity index (χ1v) is 2.59. The van der Waals surface area contributed by atoms with Crippen molar-refractivity contribution in [2.45, 2.75) is 6.42 Å². The average molecular weight is 122 g/mol. The van der Waals surface area contributed by atoms with E-state index >= 15 is 0 Å². The largest absolute Gasteiger partial charge is 0.299 e. The Morgan fingerprint density at radius 3 is 2.56 bits per heavy atom. The predicted octanol–water partition coefficient (Wildman–Crippen LogP) is 0.555. The molecule has 0 aliphatic heterocycles. The predicted molar refractivity (Wildman–Crippen MR) is 34.2 cm³/mol. The molecule has 0 spiro atoms. The van der Waals surface area contributed by atoms with Gasteiger partial charge in [-0.15, -0.1) is 0 Å². The van der Waals surface area contributed by atoms with Crippen molar-refractivity contribution in [2.75, 3.05) is 0 Å². The number of nitrogens with one attached hydrogen (secondary N) is 2. The fourth-order valence-electron chi connectivity index (χ4n) is 0.619. The van der Waals surface area contributed by atoms with Crippen LogP contribution >= 0.6 is 0 Å². The average Bonchev–Trinajstić information content (AvgIpc) is 1.83. The van der Waals surface area contributed by atoms with Gasteiger partial charge in [-0.25, -0.2) is 0 Å². The molecule has 9 heavy (non-hydrogen) atoms. The van der Waals surface area contributed by atoms with Crippen LogP contribution in [0.3, 0.4) is 0 Å². The van der Waals surface area contributed by atoms with Crippen molar-refractivity contribution in [3.8, 4) is 0 Å². The second kappa shape index (κ2) is 1.93. The van der Waals surface area contributed by atoms with Crippen molar-refractivity contribution in [2.24, 2.45) is 0 Å². The van der Waals surface area contributed by atoms with Gasteiger partial charge in [0.1, 0.15) is 5.71 Å². The zero-order valence-electron chi connectivity index (χ0n) is 4.77. The van der Waals surface area contributed by atoms with E-state index in [0.717, 1.165) is 0 Å². The summed E-state index contributed by atoms with van der Waals surface area (Å²) in [6.07, 6.45) is 3.35. The molecule has 1 aliphatic carbocycles. The normalized spacial score (nSPS) is 18.9. The first kappa shape index (κ1) is 5.88. The van der Waals surface area contributed by atoms with Crippen LogP contribution in [0.15, 0.2) is 12.2 Å². The Bertz CT molecular complexity index is 215. The van der Waals surface area contributed by atoms with Crippen molar-refractivity contribution in [3.63, 3.8) is 0 Å². The molecule has 0 aromatic heterocycles. The minimum Gasteiger partial charge on any atom is -0.299 e. The Morgan fingerprint density at radius 2 is 2.11 bits per heavy atom. The summed E-state index contributed by atoms with van der Waals surface area (Å²) in [6.45, 7) is 0. The van der Waals surface area contributed by atoms with Crippen molar-refractivity contribution < 1.29 is 4.79 Å². The molecule has 1 rings (SSSR count). The van der Waals surface area contributed by atoms with Gasteiger partial charge < -0.3 is 0 Å². The van der Waals surface area contributed by atoms with Gasteiger partial charge in [0, 0.05) is 6.42 Å². The summed E-state index contributed by atoms with van der Waals surface area (Å²) in [4.78, 5) is 10.6. The third-order valence-electron chi connectivity index (χ3n) is 1.14. The zero-order chi connectivity index (χ0) is 6.85. The van der Waals surface area contributed by atoms with E-state index in [-0.39, 0.29) is 23.6 Å². The van der Waals surface area contributed by atoms with E-state index in [0.29, 0.717) is 0 Å². The third kappa shape index (κ3) is 0.937. The molecule has 0 fully saturated rings. The van der Waals surface area contributed by atoms with Crippen LogP contribution in [0.2, 0.25) is 0 Å². The minimum atomic E-state index is -0.262. The maximum Gasteiger partial charge on any atom is 0.186 e. The summed E-state index contributed by atoms with van der Waals surface area (Å²) in [5.41, 5.74) is -0.149. The maximum absolute atomic E-state index is 10.6. The summed E-state index contributed by atoms with van der Waals surface area (Å²) >= 11 is 0. The lowest BCUT2D eigenvalue weighted by molar-refractivity contribution is -0.112. The molecule has 0 unspecified atom stereocenters. The van der Waals surface area contributed by atoms with E-state index in [2.05, 4.69) is 0 Å². The molecule has 0 atom stereocenters. The highest BCUT2D eigenvalue weighted by molar-refractivity contribution is 6.69. The van der Waals surface area contributed by atoms with E-state index in [1.807, 2.05) is 0 Å². The smallest absolute Gasteiger partial charge is 0.186 e. The molecule has 3 heteroatoms. The van der Waals surface area contributed by atoms with Crippen molar-refractivity contribution >= 4 is 17.2 Å². The summed E-state index contributed by atoms with van der Waals surface area (Å²) in [6, 6.07) is 0. The third-order valence-corrected chi connectivity index (χ3v) is 1.14. The van der Waals surface area contributed by atoms with Gasteiger partial charge in [-0.3, -0.25) is 15.6 Å². The molecule has 0 aromatic rings. The van der Waals surface area contributed by atoms with Crippen LogP contribution in [0, 0.1) is 10.8 Å². The van der Waals surface area contributed by atoms with E-state index in [9.17, 15) is 4.79 Å². The Balaban J connectivity index is 2.94. The Kier molecular flexibility index (Phi) is 1.26. The second-order valence-corrected chi connectivity index (χ2v) is 1.82. The van der Waals surface area contributed by atoms with Gasteiger partial charge in [0.15, 0.2) is 5.78 Å². The lowest BCUT2D eigenvalue weighted by Gasteiger charge is -2.02. The summed E-state index contributed by atoms with van der Waals surface area (Å²) in [7, 11) is 0. The van der Waals surface area contributed by atoms with Gasteiger partial charge in [0.2, 0.25) is 0 Å². The SMILES string of the molecule is N=C1C=CCC(=O)C1=N. The number of hydrogen-bond acceptors (Lipinski definition) is 3. The highest BCUT2D eigenvalue weighted by Gasteiger charge is 2.14. The monoisotopic (exact) mass is 122 g/mol. The molecule has 0 amide bonds. The van der Waals surface area contributed by atoms with E-state index in [1.165, 1.54) is 6.08 Å². The molecule has 0 bridgehead atoms. The molecule has 2 N–H and O–H groups in total. The molecule has 3 nitrogen and oxygen atoms in total. The van der Waals surface area contributed by atoms with Crippen molar-refractivity contribution in [1.29, 1.82) is 10.8 Å². The van der Waals surface area contributed by atoms with Gasteiger partial charge in [0.05, 0.1) is 5.71 Å². The van der Waals surface area contributed by atoms with Crippen LogP contribution in [-0.4, -0.2) is 17.2 Å². The molecule has 0 saturated heterocycles. The Morgan fingerprint density at radius 1 is 1.44 bits per heavy atom. The molecule has 0 saturated carbocycles. The number of hydrogen-bond donors (Lipinski definition) is 2. The summed E-state index contributed by atoms with van der Waals surface area (Å²) in [5, 5.41) is 14.0. The van der Waals surface area contributed by atoms with Gasteiger partial charge in [-0.1, -0.05) is 6.08 Å². The van der Waals surface area contributed by atoms with Gasteiger partial charge in [-0.05, 0) is 6.08 Å². The Labute approximate surface area is 52.4 Å². The Hall–Kier alpha value is -1.25. The molecular weight excluding hydrogens is 116 g/mol. The number of carbonyl (C=O) groups excluding carboxylic acids is 1. The molecule has 0 heterocycles. The summed E-state index contributed by atoms with van der Waals surface area (Å²) < 4.78 is 0. The van der Waals surface area contributed by atoms with Gasteiger partial charge in [-0.2, -0.15) is 0 Å². The zero-order valence-corrected chi connectivity index (χ0v) is 4.77. The fraction of sp³-hybridized carbons (Fsp3) is 0.167. The van der Waals surface area contributed by atoms with Crippen LogP contribution in [0.5, 0.6) is 0 Å². The van der Waals surface area contributed by atoms with Crippen molar-refractivity contribution in [1.82, 2.24) is 0 Å². The number of rotatable bonds is 0. The van der Waals surface area contributed by atoms with Crippen LogP contribution in [-0.2, 0) is 4.79 Å². The van der Waals surface area contributed by atoms with E-state index in [4.69, 9.17) is 10.8 Å². The van der Waals surface area contributed by atoms with Crippen LogP contribution in [0.4, 0.5) is 0 Å². The van der Waals surface area contributed by atoms with Crippen LogP contribution in [0.25, 0.3) is 0 Å². The van der Waals surface area contributed by atoms with Crippen molar-refractivity contribution in [3.05, 3.63) is 12.2 Å². The van der Waals surface area contributed by atoms with Crippen LogP contribution < -0.4 is 0 Å². The van der Waals surface area contributed by atoms with E-state index in [1.54, 1.807) is 6.08 Å². The van der Waals surface area contributed by atoms with Gasteiger partial charge >= 0.3 is 0 Å². The minimum absolute atomic E-state index is 0.0197. The highest BCUT2D eigenvalue weighted by Crippen LogP contribution is 1.98. The molecule has 0 radical (unpaired) electrons. The first-order valence-electron chi connectivity index (χ1n) is 2.59. The lowest BCUT2D eigenvalue weighted by Crippen LogP contribution is -2.23. The molecule has 0 aromatic carbocycles. The fourth-order valence-corrected chi connectivity index (χ4v) is 0.619. The molecule has 1 aliphatic rings. The number of carbonyl (C=O) groups is 1. The second-order valence-electron chi connectivity index (χ2n) is 1.82. The topological polar surface area (TPSA) is 64.8 Å².